The number of nitrogens with two attached hydrogens (primary N) is 1. The molecule has 0 aliphatic carbocycles. The predicted molar refractivity (Wildman–Crippen MR) is 55.0 cm³/mol. The lowest BCUT2D eigenvalue weighted by atomic mass is 10.1. The predicted octanol–water partition coefficient (Wildman–Crippen LogP) is 0.00200. The fourth-order valence-corrected chi connectivity index (χ4v) is 1.24. The van der Waals surface area contributed by atoms with Crippen molar-refractivity contribution in [1.29, 1.82) is 0 Å². The smallest absolute Gasteiger partial charge is 0.312 e. The van der Waals surface area contributed by atoms with Crippen LogP contribution in [0.5, 0.6) is 0 Å². The molecule has 14 heavy (non-hydrogen) atoms. The van der Waals surface area contributed by atoms with Gasteiger partial charge in [0.2, 0.25) is 0 Å². The summed E-state index contributed by atoms with van der Waals surface area (Å²) in [6.45, 7) is 2.15. The molecule has 5 heteroatoms. The molecular weight excluding hydrogens is 182 g/mol. The summed E-state index contributed by atoms with van der Waals surface area (Å²) in [6, 6.07) is -0.565. The van der Waals surface area contributed by atoms with Crippen molar-refractivity contribution in [2.45, 2.75) is 32.2 Å². The number of hydrogen-bond acceptors (Lipinski definition) is 3. The molecule has 0 heterocycles. The van der Waals surface area contributed by atoms with Gasteiger partial charge < -0.3 is 16.4 Å². The normalized spacial score (nSPS) is 12.1. The average molecular weight is 201 g/mol. The van der Waals surface area contributed by atoms with Crippen molar-refractivity contribution >= 4 is 11.8 Å². The standard InChI is InChI=1S/C9H19N3O2/c1-7(13)8(11-2)5-3-4-6-12-9(10)14/h8,11H,3-6H2,1-2H3,(H3,10,12,14). The minimum absolute atomic E-state index is 0.0661. The summed E-state index contributed by atoms with van der Waals surface area (Å²) in [6.07, 6.45) is 2.53. The van der Waals surface area contributed by atoms with Crippen LogP contribution >= 0.6 is 0 Å². The number of rotatable bonds is 7. The van der Waals surface area contributed by atoms with Crippen molar-refractivity contribution in [3.05, 3.63) is 0 Å². The lowest BCUT2D eigenvalue weighted by molar-refractivity contribution is -0.119. The van der Waals surface area contributed by atoms with Crippen molar-refractivity contribution in [3.63, 3.8) is 0 Å². The molecule has 0 spiro atoms. The van der Waals surface area contributed by atoms with Gasteiger partial charge >= 0.3 is 6.03 Å². The van der Waals surface area contributed by atoms with E-state index in [-0.39, 0.29) is 11.8 Å². The van der Waals surface area contributed by atoms with Crippen LogP contribution in [0.4, 0.5) is 4.79 Å². The fourth-order valence-electron chi connectivity index (χ4n) is 1.24. The monoisotopic (exact) mass is 201 g/mol. The van der Waals surface area contributed by atoms with Gasteiger partial charge in [-0.1, -0.05) is 0 Å². The summed E-state index contributed by atoms with van der Waals surface area (Å²) in [5, 5.41) is 5.44. The number of ketones is 1. The van der Waals surface area contributed by atoms with Gasteiger partial charge in [0.25, 0.3) is 0 Å². The zero-order valence-electron chi connectivity index (χ0n) is 8.80. The van der Waals surface area contributed by atoms with E-state index >= 15 is 0 Å². The molecule has 0 aromatic rings. The summed E-state index contributed by atoms with van der Waals surface area (Å²) in [5.41, 5.74) is 4.89. The van der Waals surface area contributed by atoms with Gasteiger partial charge in [-0.25, -0.2) is 4.79 Å². The first-order valence-corrected chi connectivity index (χ1v) is 4.79. The van der Waals surface area contributed by atoms with E-state index in [2.05, 4.69) is 10.6 Å². The molecule has 1 unspecified atom stereocenters. The summed E-state index contributed by atoms with van der Waals surface area (Å²) < 4.78 is 0. The molecule has 0 aromatic carbocycles. The highest BCUT2D eigenvalue weighted by Gasteiger charge is 2.09. The van der Waals surface area contributed by atoms with E-state index in [0.717, 1.165) is 19.3 Å². The number of primary amides is 1. The maximum absolute atomic E-state index is 11.0. The third-order valence-corrected chi connectivity index (χ3v) is 2.06. The molecule has 0 radical (unpaired) electrons. The molecule has 0 saturated carbocycles. The van der Waals surface area contributed by atoms with Crippen LogP contribution in [0.3, 0.4) is 0 Å². The maximum Gasteiger partial charge on any atom is 0.312 e. The van der Waals surface area contributed by atoms with Gasteiger partial charge in [0.1, 0.15) is 5.78 Å². The third kappa shape index (κ3) is 6.42. The van der Waals surface area contributed by atoms with Crippen molar-refractivity contribution in [3.8, 4) is 0 Å². The molecule has 0 aliphatic heterocycles. The molecule has 5 nitrogen and oxygen atoms in total. The summed E-state index contributed by atoms with van der Waals surface area (Å²) >= 11 is 0. The Morgan fingerprint density at radius 1 is 1.36 bits per heavy atom. The first-order chi connectivity index (χ1) is 6.57. The van der Waals surface area contributed by atoms with Gasteiger partial charge in [0, 0.05) is 6.54 Å². The molecule has 4 N–H and O–H groups in total. The summed E-state index contributed by atoms with van der Waals surface area (Å²) in [5.74, 6) is 0.148. The minimum Gasteiger partial charge on any atom is -0.352 e. The second-order valence-corrected chi connectivity index (χ2v) is 3.24. The lowest BCUT2D eigenvalue weighted by Gasteiger charge is -2.11. The SMILES string of the molecule is CNC(CCCCNC(N)=O)C(C)=O. The van der Waals surface area contributed by atoms with E-state index < -0.39 is 6.03 Å². The second-order valence-electron chi connectivity index (χ2n) is 3.24. The van der Waals surface area contributed by atoms with E-state index in [1.54, 1.807) is 14.0 Å². The third-order valence-electron chi connectivity index (χ3n) is 2.06. The van der Waals surface area contributed by atoms with Gasteiger partial charge in [-0.15, -0.1) is 0 Å². The highest BCUT2D eigenvalue weighted by atomic mass is 16.2. The molecule has 82 valence electrons. The molecule has 0 aliphatic rings. The Bertz CT molecular complexity index is 194. The van der Waals surface area contributed by atoms with Crippen LogP contribution in [-0.2, 0) is 4.79 Å². The molecule has 0 saturated heterocycles. The molecule has 0 fully saturated rings. The van der Waals surface area contributed by atoms with E-state index in [0.29, 0.717) is 6.54 Å². The lowest BCUT2D eigenvalue weighted by Crippen LogP contribution is -2.33. The Kier molecular flexibility index (Phi) is 6.74. The van der Waals surface area contributed by atoms with Crippen LogP contribution in [0.15, 0.2) is 0 Å². The summed E-state index contributed by atoms with van der Waals surface area (Å²) in [4.78, 5) is 21.3. The maximum atomic E-state index is 11.0. The molecule has 2 amide bonds. The van der Waals surface area contributed by atoms with E-state index in [9.17, 15) is 9.59 Å². The average Bonchev–Trinajstić information content (AvgIpc) is 2.10. The van der Waals surface area contributed by atoms with Crippen molar-refractivity contribution in [2.75, 3.05) is 13.6 Å². The van der Waals surface area contributed by atoms with E-state index in [1.165, 1.54) is 0 Å². The zero-order chi connectivity index (χ0) is 11.0. The van der Waals surface area contributed by atoms with Gasteiger partial charge in [0.15, 0.2) is 0 Å². The number of likely N-dealkylation sites (N-methyl/N-ethyl adjacent to an activating group) is 1. The largest absolute Gasteiger partial charge is 0.352 e. The Labute approximate surface area is 84.4 Å². The zero-order valence-corrected chi connectivity index (χ0v) is 8.80. The minimum atomic E-state index is -0.498. The Morgan fingerprint density at radius 3 is 2.43 bits per heavy atom. The highest BCUT2D eigenvalue weighted by Crippen LogP contribution is 2.00. The van der Waals surface area contributed by atoms with Gasteiger partial charge in [-0.3, -0.25) is 4.79 Å². The number of unbranched alkanes of at least 4 members (excludes halogenated alkanes) is 1. The number of carbonyl (C=O) groups excluding carboxylic acids is 2. The topological polar surface area (TPSA) is 84.2 Å². The number of hydrogen-bond donors (Lipinski definition) is 3. The van der Waals surface area contributed by atoms with Gasteiger partial charge in [0.05, 0.1) is 6.04 Å². The fraction of sp³-hybridized carbons (Fsp3) is 0.778. The van der Waals surface area contributed by atoms with Crippen molar-refractivity contribution in [1.82, 2.24) is 10.6 Å². The molecular formula is C9H19N3O2. The van der Waals surface area contributed by atoms with Gasteiger partial charge in [-0.2, -0.15) is 0 Å². The van der Waals surface area contributed by atoms with Crippen molar-refractivity contribution < 1.29 is 9.59 Å². The Hall–Kier alpha value is -1.10. The van der Waals surface area contributed by atoms with Gasteiger partial charge in [-0.05, 0) is 33.2 Å². The quantitative estimate of drug-likeness (QED) is 0.507. The van der Waals surface area contributed by atoms with Crippen molar-refractivity contribution in [2.24, 2.45) is 5.73 Å². The van der Waals surface area contributed by atoms with E-state index in [4.69, 9.17) is 5.73 Å². The van der Waals surface area contributed by atoms with E-state index in [1.807, 2.05) is 0 Å². The molecule has 0 bridgehead atoms. The number of urea groups is 1. The molecule has 1 atom stereocenters. The Balaban J connectivity index is 3.42. The molecule has 0 rings (SSSR count). The van der Waals surface area contributed by atoms with Crippen LogP contribution in [-0.4, -0.2) is 31.4 Å². The number of nitrogens with one attached hydrogen (secondary N) is 2. The molecule has 0 aromatic heterocycles. The van der Waals surface area contributed by atoms with Crippen LogP contribution < -0.4 is 16.4 Å². The number of amides is 2. The number of carbonyl (C=O) groups is 2. The van der Waals surface area contributed by atoms with Crippen LogP contribution in [0.25, 0.3) is 0 Å². The van der Waals surface area contributed by atoms with Crippen LogP contribution in [0.2, 0.25) is 0 Å². The first-order valence-electron chi connectivity index (χ1n) is 4.79. The van der Waals surface area contributed by atoms with Crippen LogP contribution in [0.1, 0.15) is 26.2 Å². The first kappa shape index (κ1) is 12.9. The van der Waals surface area contributed by atoms with Crippen LogP contribution in [0, 0.1) is 0 Å². The summed E-state index contributed by atoms with van der Waals surface area (Å²) in [7, 11) is 1.77. The highest BCUT2D eigenvalue weighted by molar-refractivity contribution is 5.81. The second kappa shape index (κ2) is 7.32. The number of Topliss-reactive ketones (excluding diaryl/α,β-unsaturated/α-hetero) is 1. The Morgan fingerprint density at radius 2 is 2.00 bits per heavy atom.